The van der Waals surface area contributed by atoms with Crippen molar-refractivity contribution in [1.82, 2.24) is 10.2 Å². The van der Waals surface area contributed by atoms with Crippen molar-refractivity contribution >= 4 is 11.7 Å². The molecule has 0 aliphatic rings. The van der Waals surface area contributed by atoms with Gasteiger partial charge in [0.2, 0.25) is 0 Å². The SMILES string of the molecule is O=C(Nc1cccnn1)c1ccccc1C#CCO. The number of carbonyl (C=O) groups is 1. The molecule has 2 aromatic rings. The first-order valence-electron chi connectivity index (χ1n) is 5.59. The second kappa shape index (κ2) is 6.28. The van der Waals surface area contributed by atoms with Gasteiger partial charge in [0.15, 0.2) is 5.82 Å². The highest BCUT2D eigenvalue weighted by Crippen LogP contribution is 2.10. The maximum absolute atomic E-state index is 12.1. The van der Waals surface area contributed by atoms with Gasteiger partial charge in [-0.2, -0.15) is 5.10 Å². The van der Waals surface area contributed by atoms with Gasteiger partial charge in [-0.25, -0.2) is 0 Å². The second-order valence-corrected chi connectivity index (χ2v) is 3.57. The number of carbonyl (C=O) groups excluding carboxylic acids is 1. The predicted octanol–water partition coefficient (Wildman–Crippen LogP) is 1.07. The number of hydrogen-bond donors (Lipinski definition) is 2. The molecule has 0 fully saturated rings. The summed E-state index contributed by atoms with van der Waals surface area (Å²) in [6, 6.07) is 10.2. The summed E-state index contributed by atoms with van der Waals surface area (Å²) in [6.07, 6.45) is 1.52. The van der Waals surface area contributed by atoms with Crippen molar-refractivity contribution in [3.05, 3.63) is 53.7 Å². The van der Waals surface area contributed by atoms with Crippen LogP contribution in [0.5, 0.6) is 0 Å². The van der Waals surface area contributed by atoms with Gasteiger partial charge in [0, 0.05) is 11.8 Å². The van der Waals surface area contributed by atoms with Crippen LogP contribution in [-0.4, -0.2) is 27.8 Å². The molecule has 0 aliphatic heterocycles. The van der Waals surface area contributed by atoms with E-state index in [1.54, 1.807) is 36.4 Å². The van der Waals surface area contributed by atoms with Gasteiger partial charge >= 0.3 is 0 Å². The number of rotatable bonds is 2. The highest BCUT2D eigenvalue weighted by Gasteiger charge is 2.10. The molecule has 1 heterocycles. The van der Waals surface area contributed by atoms with Gasteiger partial charge in [0.05, 0.1) is 5.56 Å². The molecule has 19 heavy (non-hydrogen) atoms. The van der Waals surface area contributed by atoms with E-state index in [-0.39, 0.29) is 12.5 Å². The number of anilines is 1. The van der Waals surface area contributed by atoms with Gasteiger partial charge < -0.3 is 10.4 Å². The van der Waals surface area contributed by atoms with Gasteiger partial charge in [-0.15, -0.1) is 5.10 Å². The smallest absolute Gasteiger partial charge is 0.258 e. The van der Waals surface area contributed by atoms with Gasteiger partial charge in [0.25, 0.3) is 5.91 Å². The number of aliphatic hydroxyl groups is 1. The summed E-state index contributed by atoms with van der Waals surface area (Å²) in [7, 11) is 0. The summed E-state index contributed by atoms with van der Waals surface area (Å²) in [6.45, 7) is -0.250. The summed E-state index contributed by atoms with van der Waals surface area (Å²) < 4.78 is 0. The van der Waals surface area contributed by atoms with Crippen molar-refractivity contribution < 1.29 is 9.90 Å². The Morgan fingerprint density at radius 1 is 1.26 bits per heavy atom. The minimum absolute atomic E-state index is 0.250. The molecule has 2 rings (SSSR count). The third-order valence-corrected chi connectivity index (χ3v) is 2.29. The van der Waals surface area contributed by atoms with E-state index < -0.39 is 0 Å². The van der Waals surface area contributed by atoms with E-state index in [0.717, 1.165) is 0 Å². The minimum Gasteiger partial charge on any atom is -0.384 e. The summed E-state index contributed by atoms with van der Waals surface area (Å²) >= 11 is 0. The number of amides is 1. The Labute approximate surface area is 110 Å². The highest BCUT2D eigenvalue weighted by molar-refractivity contribution is 6.05. The van der Waals surface area contributed by atoms with Crippen LogP contribution in [0.25, 0.3) is 0 Å². The predicted molar refractivity (Wildman–Crippen MR) is 70.4 cm³/mol. The molecule has 0 unspecified atom stereocenters. The van der Waals surface area contributed by atoms with E-state index in [9.17, 15) is 4.79 Å². The molecule has 2 N–H and O–H groups in total. The first-order chi connectivity index (χ1) is 9.31. The quantitative estimate of drug-likeness (QED) is 0.785. The van der Waals surface area contributed by atoms with Gasteiger partial charge in [-0.1, -0.05) is 24.0 Å². The van der Waals surface area contributed by atoms with Crippen molar-refractivity contribution in [2.24, 2.45) is 0 Å². The molecule has 0 radical (unpaired) electrons. The van der Waals surface area contributed by atoms with Crippen molar-refractivity contribution in [3.8, 4) is 11.8 Å². The van der Waals surface area contributed by atoms with Gasteiger partial charge in [0.1, 0.15) is 6.61 Å². The van der Waals surface area contributed by atoms with Crippen LogP contribution in [-0.2, 0) is 0 Å². The highest BCUT2D eigenvalue weighted by atomic mass is 16.2. The van der Waals surface area contributed by atoms with Crippen LogP contribution in [0.15, 0.2) is 42.6 Å². The Morgan fingerprint density at radius 2 is 2.11 bits per heavy atom. The molecular formula is C14H11N3O2. The average molecular weight is 253 g/mol. The number of nitrogens with one attached hydrogen (secondary N) is 1. The fourth-order valence-electron chi connectivity index (χ4n) is 1.48. The molecule has 0 saturated heterocycles. The van der Waals surface area contributed by atoms with E-state index in [1.165, 1.54) is 6.20 Å². The van der Waals surface area contributed by atoms with E-state index in [1.807, 2.05) is 0 Å². The standard InChI is InChI=1S/C14H11N3O2/c18-10-4-6-11-5-1-2-7-12(11)14(19)16-13-8-3-9-15-17-13/h1-3,5,7-9,18H,10H2,(H,16,17,19). The number of nitrogens with zero attached hydrogens (tertiary/aromatic N) is 2. The van der Waals surface area contributed by atoms with Crippen LogP contribution < -0.4 is 5.32 Å². The lowest BCUT2D eigenvalue weighted by molar-refractivity contribution is 0.102. The lowest BCUT2D eigenvalue weighted by atomic mass is 10.1. The zero-order valence-corrected chi connectivity index (χ0v) is 10.00. The molecule has 0 atom stereocenters. The van der Waals surface area contributed by atoms with Crippen LogP contribution in [0.4, 0.5) is 5.82 Å². The maximum atomic E-state index is 12.1. The third kappa shape index (κ3) is 3.37. The van der Waals surface area contributed by atoms with Gasteiger partial charge in [-0.3, -0.25) is 4.79 Å². The molecular weight excluding hydrogens is 242 g/mol. The topological polar surface area (TPSA) is 75.1 Å². The Hall–Kier alpha value is -2.71. The monoisotopic (exact) mass is 253 g/mol. The van der Waals surface area contributed by atoms with Crippen LogP contribution in [0.2, 0.25) is 0 Å². The Bertz CT molecular complexity index is 630. The summed E-state index contributed by atoms with van der Waals surface area (Å²) in [5.41, 5.74) is 0.979. The number of hydrogen-bond acceptors (Lipinski definition) is 4. The first-order valence-corrected chi connectivity index (χ1v) is 5.59. The number of aliphatic hydroxyl groups excluding tert-OH is 1. The molecule has 0 bridgehead atoms. The van der Waals surface area contributed by atoms with Gasteiger partial charge in [-0.05, 0) is 24.3 Å². The van der Waals surface area contributed by atoms with Crippen LogP contribution in [0.1, 0.15) is 15.9 Å². The van der Waals surface area contributed by atoms with E-state index >= 15 is 0 Å². The Kier molecular flexibility index (Phi) is 4.21. The fourth-order valence-corrected chi connectivity index (χ4v) is 1.48. The van der Waals surface area contributed by atoms with Crippen molar-refractivity contribution in [2.45, 2.75) is 0 Å². The molecule has 5 nitrogen and oxygen atoms in total. The molecule has 1 amide bonds. The normalized spacial score (nSPS) is 9.32. The number of benzene rings is 1. The molecule has 0 spiro atoms. The van der Waals surface area contributed by atoms with E-state index in [0.29, 0.717) is 16.9 Å². The molecule has 94 valence electrons. The summed E-state index contributed by atoms with van der Waals surface area (Å²) in [4.78, 5) is 12.1. The minimum atomic E-state index is -0.316. The largest absolute Gasteiger partial charge is 0.384 e. The molecule has 5 heteroatoms. The van der Waals surface area contributed by atoms with E-state index in [2.05, 4.69) is 27.4 Å². The molecule has 1 aromatic carbocycles. The van der Waals surface area contributed by atoms with Crippen LogP contribution in [0.3, 0.4) is 0 Å². The molecule has 0 saturated carbocycles. The zero-order chi connectivity index (χ0) is 13.5. The number of aromatic nitrogens is 2. The maximum Gasteiger partial charge on any atom is 0.258 e. The fraction of sp³-hybridized carbons (Fsp3) is 0.0714. The van der Waals surface area contributed by atoms with Crippen molar-refractivity contribution in [2.75, 3.05) is 11.9 Å². The summed E-state index contributed by atoms with van der Waals surface area (Å²) in [5, 5.41) is 18.8. The Morgan fingerprint density at radius 3 is 2.84 bits per heavy atom. The van der Waals surface area contributed by atoms with Crippen LogP contribution in [0, 0.1) is 11.8 Å². The lowest BCUT2D eigenvalue weighted by Crippen LogP contribution is -2.14. The molecule has 0 aliphatic carbocycles. The second-order valence-electron chi connectivity index (χ2n) is 3.57. The van der Waals surface area contributed by atoms with Crippen molar-refractivity contribution in [1.29, 1.82) is 0 Å². The van der Waals surface area contributed by atoms with E-state index in [4.69, 9.17) is 5.11 Å². The average Bonchev–Trinajstić information content (AvgIpc) is 2.46. The third-order valence-electron chi connectivity index (χ3n) is 2.29. The zero-order valence-electron chi connectivity index (χ0n) is 10.00. The Balaban J connectivity index is 2.24. The summed E-state index contributed by atoms with van der Waals surface area (Å²) in [5.74, 6) is 5.31. The molecule has 1 aromatic heterocycles. The first kappa shape index (κ1) is 12.7. The van der Waals surface area contributed by atoms with Crippen molar-refractivity contribution in [3.63, 3.8) is 0 Å². The van der Waals surface area contributed by atoms with Crippen LogP contribution >= 0.6 is 0 Å². The lowest BCUT2D eigenvalue weighted by Gasteiger charge is -2.05.